The molecule has 1 aromatic heterocycles. The Balaban J connectivity index is 2.43. The third-order valence-corrected chi connectivity index (χ3v) is 1.98. The summed E-state index contributed by atoms with van der Waals surface area (Å²) in [5, 5.41) is 14.5. The lowest BCUT2D eigenvalue weighted by Crippen LogP contribution is -2.24. The van der Waals surface area contributed by atoms with Crippen LogP contribution in [0.2, 0.25) is 0 Å². The maximum atomic E-state index is 11.2. The minimum absolute atomic E-state index is 0.00241. The molecule has 2 N–H and O–H groups in total. The van der Waals surface area contributed by atoms with Gasteiger partial charge in [-0.1, -0.05) is 0 Å². The van der Waals surface area contributed by atoms with Gasteiger partial charge in [0.25, 0.3) is 0 Å². The predicted molar refractivity (Wildman–Crippen MR) is 60.7 cm³/mol. The summed E-state index contributed by atoms with van der Waals surface area (Å²) < 4.78 is 0. The Labute approximate surface area is 94.5 Å². The van der Waals surface area contributed by atoms with Gasteiger partial charge in [-0.3, -0.25) is 9.78 Å². The molecule has 1 rings (SSSR count). The van der Waals surface area contributed by atoms with E-state index in [9.17, 15) is 4.79 Å². The number of nitrogens with zero attached hydrogens (tertiary/aromatic N) is 2. The number of carbonyl (C=O) groups excluding carboxylic acids is 1. The zero-order chi connectivity index (χ0) is 11.8. The highest BCUT2D eigenvalue weighted by Crippen LogP contribution is 2.11. The van der Waals surface area contributed by atoms with Crippen LogP contribution < -0.4 is 10.6 Å². The van der Waals surface area contributed by atoms with Crippen molar-refractivity contribution in [3.63, 3.8) is 0 Å². The fourth-order valence-corrected chi connectivity index (χ4v) is 1.23. The number of aromatic nitrogens is 1. The molecule has 0 bridgehead atoms. The maximum absolute atomic E-state index is 11.2. The molecule has 0 aromatic carbocycles. The standard InChI is InChI=1S/C11H14N4O/c1-2-14-11(16)4-6-15-10-8-13-5-3-9(10)7-12/h3,5,8,15H,2,4,6H2,1H3,(H,14,16). The average Bonchev–Trinajstić information content (AvgIpc) is 2.30. The Morgan fingerprint density at radius 3 is 3.12 bits per heavy atom. The van der Waals surface area contributed by atoms with Gasteiger partial charge < -0.3 is 10.6 Å². The van der Waals surface area contributed by atoms with Crippen molar-refractivity contribution in [3.8, 4) is 6.07 Å². The van der Waals surface area contributed by atoms with E-state index in [-0.39, 0.29) is 5.91 Å². The molecule has 0 aliphatic heterocycles. The SMILES string of the molecule is CCNC(=O)CCNc1cnccc1C#N. The zero-order valence-electron chi connectivity index (χ0n) is 9.16. The van der Waals surface area contributed by atoms with E-state index in [2.05, 4.69) is 21.7 Å². The Morgan fingerprint density at radius 2 is 2.44 bits per heavy atom. The largest absolute Gasteiger partial charge is 0.382 e. The van der Waals surface area contributed by atoms with Crippen LogP contribution in [0.25, 0.3) is 0 Å². The van der Waals surface area contributed by atoms with E-state index in [1.807, 2.05) is 6.92 Å². The third-order valence-electron chi connectivity index (χ3n) is 1.98. The summed E-state index contributed by atoms with van der Waals surface area (Å²) in [5.74, 6) is -0.00241. The first-order chi connectivity index (χ1) is 7.77. The van der Waals surface area contributed by atoms with Gasteiger partial charge in [0, 0.05) is 25.7 Å². The highest BCUT2D eigenvalue weighted by molar-refractivity contribution is 5.76. The Bertz CT molecular complexity index is 397. The molecular weight excluding hydrogens is 204 g/mol. The summed E-state index contributed by atoms with van der Waals surface area (Å²) in [4.78, 5) is 15.1. The summed E-state index contributed by atoms with van der Waals surface area (Å²) in [6.07, 6.45) is 3.53. The molecular formula is C11H14N4O. The van der Waals surface area contributed by atoms with Crippen LogP contribution in [0, 0.1) is 11.3 Å². The zero-order valence-corrected chi connectivity index (χ0v) is 9.16. The first kappa shape index (κ1) is 12.0. The Hall–Kier alpha value is -2.09. The second-order valence-corrected chi connectivity index (χ2v) is 3.16. The lowest BCUT2D eigenvalue weighted by atomic mass is 10.2. The van der Waals surface area contributed by atoms with Crippen molar-refractivity contribution >= 4 is 11.6 Å². The number of nitriles is 1. The predicted octanol–water partition coefficient (Wildman–Crippen LogP) is 0.891. The maximum Gasteiger partial charge on any atom is 0.221 e. The van der Waals surface area contributed by atoms with Crippen molar-refractivity contribution in [2.75, 3.05) is 18.4 Å². The summed E-state index contributed by atoms with van der Waals surface area (Å²) >= 11 is 0. The van der Waals surface area contributed by atoms with E-state index in [1.54, 1.807) is 18.5 Å². The molecule has 1 aromatic rings. The van der Waals surface area contributed by atoms with E-state index in [0.717, 1.165) is 0 Å². The van der Waals surface area contributed by atoms with Gasteiger partial charge in [-0.05, 0) is 13.0 Å². The van der Waals surface area contributed by atoms with Crippen molar-refractivity contribution in [1.29, 1.82) is 5.26 Å². The molecule has 0 aliphatic carbocycles. The Morgan fingerprint density at radius 1 is 1.62 bits per heavy atom. The molecule has 5 nitrogen and oxygen atoms in total. The molecule has 0 unspecified atom stereocenters. The first-order valence-corrected chi connectivity index (χ1v) is 5.12. The number of rotatable bonds is 5. The first-order valence-electron chi connectivity index (χ1n) is 5.12. The second-order valence-electron chi connectivity index (χ2n) is 3.16. The Kier molecular flexibility index (Phi) is 4.80. The topological polar surface area (TPSA) is 77.8 Å². The van der Waals surface area contributed by atoms with Crippen molar-refractivity contribution in [1.82, 2.24) is 10.3 Å². The lowest BCUT2D eigenvalue weighted by molar-refractivity contribution is -0.120. The van der Waals surface area contributed by atoms with Gasteiger partial charge in [-0.2, -0.15) is 5.26 Å². The minimum Gasteiger partial charge on any atom is -0.382 e. The third kappa shape index (κ3) is 3.58. The van der Waals surface area contributed by atoms with Gasteiger partial charge in [-0.25, -0.2) is 0 Å². The molecule has 0 aliphatic rings. The molecule has 1 heterocycles. The number of anilines is 1. The molecule has 84 valence electrons. The van der Waals surface area contributed by atoms with Gasteiger partial charge in [0.05, 0.1) is 17.4 Å². The highest BCUT2D eigenvalue weighted by Gasteiger charge is 2.02. The summed E-state index contributed by atoms with van der Waals surface area (Å²) in [7, 11) is 0. The monoisotopic (exact) mass is 218 g/mol. The fraction of sp³-hybridized carbons (Fsp3) is 0.364. The van der Waals surface area contributed by atoms with E-state index in [1.165, 1.54) is 0 Å². The summed E-state index contributed by atoms with van der Waals surface area (Å²) in [6, 6.07) is 3.69. The smallest absolute Gasteiger partial charge is 0.221 e. The molecule has 0 atom stereocenters. The highest BCUT2D eigenvalue weighted by atomic mass is 16.1. The van der Waals surface area contributed by atoms with Crippen LogP contribution in [-0.4, -0.2) is 24.0 Å². The number of hydrogen-bond donors (Lipinski definition) is 2. The normalized spacial score (nSPS) is 9.25. The summed E-state index contributed by atoms with van der Waals surface area (Å²) in [6.45, 7) is 3.00. The molecule has 0 saturated heterocycles. The lowest BCUT2D eigenvalue weighted by Gasteiger charge is -2.06. The van der Waals surface area contributed by atoms with Crippen molar-refractivity contribution < 1.29 is 4.79 Å². The number of pyridine rings is 1. The molecule has 0 spiro atoms. The van der Waals surface area contributed by atoms with Crippen LogP contribution in [0.5, 0.6) is 0 Å². The van der Waals surface area contributed by atoms with Crippen LogP contribution in [-0.2, 0) is 4.79 Å². The van der Waals surface area contributed by atoms with Crippen molar-refractivity contribution in [2.45, 2.75) is 13.3 Å². The van der Waals surface area contributed by atoms with E-state index >= 15 is 0 Å². The molecule has 0 fully saturated rings. The van der Waals surface area contributed by atoms with Crippen LogP contribution in [0.3, 0.4) is 0 Å². The van der Waals surface area contributed by atoms with Crippen molar-refractivity contribution in [3.05, 3.63) is 24.0 Å². The minimum atomic E-state index is -0.00241. The second kappa shape index (κ2) is 6.40. The van der Waals surface area contributed by atoms with Gasteiger partial charge in [0.15, 0.2) is 0 Å². The fourth-order valence-electron chi connectivity index (χ4n) is 1.23. The quantitative estimate of drug-likeness (QED) is 0.769. The van der Waals surface area contributed by atoms with Crippen molar-refractivity contribution in [2.24, 2.45) is 0 Å². The molecule has 16 heavy (non-hydrogen) atoms. The van der Waals surface area contributed by atoms with Crippen LogP contribution >= 0.6 is 0 Å². The molecule has 0 saturated carbocycles. The summed E-state index contributed by atoms with van der Waals surface area (Å²) in [5.41, 5.74) is 1.19. The van der Waals surface area contributed by atoms with Gasteiger partial charge in [0.2, 0.25) is 5.91 Å². The van der Waals surface area contributed by atoms with Crippen LogP contribution in [0.15, 0.2) is 18.5 Å². The number of carbonyl (C=O) groups is 1. The van der Waals surface area contributed by atoms with E-state index < -0.39 is 0 Å². The number of nitrogens with one attached hydrogen (secondary N) is 2. The van der Waals surface area contributed by atoms with Gasteiger partial charge in [-0.15, -0.1) is 0 Å². The van der Waals surface area contributed by atoms with Gasteiger partial charge in [0.1, 0.15) is 6.07 Å². The van der Waals surface area contributed by atoms with Gasteiger partial charge >= 0.3 is 0 Å². The number of amides is 1. The molecule has 0 radical (unpaired) electrons. The number of hydrogen-bond acceptors (Lipinski definition) is 4. The van der Waals surface area contributed by atoms with Crippen LogP contribution in [0.4, 0.5) is 5.69 Å². The van der Waals surface area contributed by atoms with E-state index in [4.69, 9.17) is 5.26 Å². The molecule has 5 heteroatoms. The van der Waals surface area contributed by atoms with E-state index in [0.29, 0.717) is 30.8 Å². The average molecular weight is 218 g/mol. The van der Waals surface area contributed by atoms with Crippen LogP contribution in [0.1, 0.15) is 18.9 Å². The molecule has 1 amide bonds.